The Bertz CT molecular complexity index is 746. The Kier molecular flexibility index (Phi) is 2.96. The summed E-state index contributed by atoms with van der Waals surface area (Å²) in [6.07, 6.45) is 2.77. The Labute approximate surface area is 117 Å². The monoisotopic (exact) mass is 273 g/mol. The molecule has 20 heavy (non-hydrogen) atoms. The third-order valence-electron chi connectivity index (χ3n) is 3.49. The van der Waals surface area contributed by atoms with Gasteiger partial charge >= 0.3 is 0 Å². The molecule has 0 fully saturated rings. The maximum atomic E-state index is 6.04. The van der Waals surface area contributed by atoms with Crippen molar-refractivity contribution in [1.29, 1.82) is 0 Å². The summed E-state index contributed by atoms with van der Waals surface area (Å²) in [5, 5.41) is 8.87. The van der Waals surface area contributed by atoms with Crippen molar-refractivity contribution in [3.8, 4) is 0 Å². The van der Waals surface area contributed by atoms with Crippen LogP contribution in [0, 0.1) is 6.92 Å². The number of fused-ring (bicyclic) bond motifs is 1. The summed E-state index contributed by atoms with van der Waals surface area (Å²) < 4.78 is 5.78. The van der Waals surface area contributed by atoms with E-state index in [1.54, 1.807) is 0 Å². The topological polar surface area (TPSA) is 79.5 Å². The van der Waals surface area contributed by atoms with E-state index in [0.29, 0.717) is 5.95 Å². The number of aryl methyl sites for hydroxylation is 5. The first kappa shape index (κ1) is 12.7. The molecule has 0 amide bonds. The van der Waals surface area contributed by atoms with Gasteiger partial charge < -0.3 is 5.73 Å². The lowest BCUT2D eigenvalue weighted by molar-refractivity contribution is 0.624. The van der Waals surface area contributed by atoms with E-state index in [9.17, 15) is 0 Å². The average Bonchev–Trinajstić information content (AvgIpc) is 3.05. The molecule has 3 aromatic rings. The highest BCUT2D eigenvalue weighted by atomic mass is 15.4. The molecule has 0 saturated heterocycles. The first-order valence-electron chi connectivity index (χ1n) is 6.77. The second-order valence-corrected chi connectivity index (χ2v) is 4.93. The summed E-state index contributed by atoms with van der Waals surface area (Å²) >= 11 is 0. The molecule has 3 heterocycles. The predicted molar refractivity (Wildman–Crippen MR) is 77.3 cm³/mol. The van der Waals surface area contributed by atoms with Crippen LogP contribution in [-0.4, -0.2) is 29.1 Å². The number of hydrogen-bond acceptors (Lipinski definition) is 4. The quantitative estimate of drug-likeness (QED) is 0.772. The largest absolute Gasteiger partial charge is 0.369 e. The summed E-state index contributed by atoms with van der Waals surface area (Å²) in [7, 11) is 1.92. The molecule has 0 radical (unpaired) electrons. The smallest absolute Gasteiger partial charge is 0.202 e. The molecule has 7 heteroatoms. The van der Waals surface area contributed by atoms with Crippen LogP contribution in [0.25, 0.3) is 11.2 Å². The van der Waals surface area contributed by atoms with E-state index in [1.807, 2.05) is 40.2 Å². The van der Waals surface area contributed by atoms with Crippen molar-refractivity contribution in [2.24, 2.45) is 7.05 Å². The van der Waals surface area contributed by atoms with Gasteiger partial charge in [0.15, 0.2) is 5.65 Å². The van der Waals surface area contributed by atoms with Crippen molar-refractivity contribution in [1.82, 2.24) is 29.1 Å². The minimum absolute atomic E-state index is 0.540. The Balaban J connectivity index is 1.96. The van der Waals surface area contributed by atoms with Gasteiger partial charge in [0.2, 0.25) is 5.95 Å². The molecule has 0 bridgehead atoms. The predicted octanol–water partition coefficient (Wildman–Crippen LogP) is 1.12. The molecule has 0 unspecified atom stereocenters. The number of rotatable bonds is 4. The molecule has 0 saturated carbocycles. The molecule has 0 atom stereocenters. The molecule has 0 aliphatic rings. The lowest BCUT2D eigenvalue weighted by Crippen LogP contribution is -2.10. The van der Waals surface area contributed by atoms with Gasteiger partial charge in [-0.3, -0.25) is 9.25 Å². The molecule has 106 valence electrons. The highest BCUT2D eigenvalue weighted by molar-refractivity contribution is 5.77. The summed E-state index contributed by atoms with van der Waals surface area (Å²) in [4.78, 5) is 4.43. The number of nitrogen functional groups attached to an aromatic ring is 1. The maximum Gasteiger partial charge on any atom is 0.202 e. The number of imidazole rings is 1. The Morgan fingerprint density at radius 1 is 1.30 bits per heavy atom. The molecule has 3 rings (SSSR count). The van der Waals surface area contributed by atoms with Crippen molar-refractivity contribution in [3.63, 3.8) is 0 Å². The van der Waals surface area contributed by atoms with Crippen molar-refractivity contribution in [2.45, 2.75) is 33.4 Å². The second-order valence-electron chi connectivity index (χ2n) is 4.93. The highest BCUT2D eigenvalue weighted by Gasteiger charge is 2.16. The van der Waals surface area contributed by atoms with Gasteiger partial charge in [0.25, 0.3) is 0 Å². The third-order valence-corrected chi connectivity index (χ3v) is 3.49. The summed E-state index contributed by atoms with van der Waals surface area (Å²) in [5.41, 5.74) is 9.91. The van der Waals surface area contributed by atoms with Crippen molar-refractivity contribution in [2.75, 3.05) is 5.73 Å². The van der Waals surface area contributed by atoms with Crippen LogP contribution in [0.15, 0.2) is 12.3 Å². The lowest BCUT2D eigenvalue weighted by atomic mass is 10.3. The van der Waals surface area contributed by atoms with E-state index in [1.165, 1.54) is 0 Å². The van der Waals surface area contributed by atoms with Crippen LogP contribution in [-0.2, 0) is 26.6 Å². The standard InChI is InChI=1S/C13H19N7/c1-4-20-12-11(9(2)16-20)15-13(14)19(12)8-6-10-5-7-18(3)17-10/h5,7H,4,6,8H2,1-3H3,(H2,14,15). The van der Waals surface area contributed by atoms with Gasteiger partial charge in [0, 0.05) is 32.8 Å². The number of nitrogens with zero attached hydrogens (tertiary/aromatic N) is 6. The van der Waals surface area contributed by atoms with Gasteiger partial charge in [-0.1, -0.05) is 0 Å². The SMILES string of the molecule is CCn1nc(C)c2nc(N)n(CCc3ccn(C)n3)c21. The normalized spacial score (nSPS) is 11.6. The van der Waals surface area contributed by atoms with E-state index in [2.05, 4.69) is 22.1 Å². The van der Waals surface area contributed by atoms with E-state index in [-0.39, 0.29) is 0 Å². The summed E-state index contributed by atoms with van der Waals surface area (Å²) in [6, 6.07) is 2.02. The summed E-state index contributed by atoms with van der Waals surface area (Å²) in [5.74, 6) is 0.540. The van der Waals surface area contributed by atoms with Crippen molar-refractivity contribution >= 4 is 17.1 Å². The number of nitrogens with two attached hydrogens (primary N) is 1. The average molecular weight is 273 g/mol. The van der Waals surface area contributed by atoms with Crippen LogP contribution in [0.4, 0.5) is 5.95 Å². The van der Waals surface area contributed by atoms with Gasteiger partial charge in [0.1, 0.15) is 5.52 Å². The maximum absolute atomic E-state index is 6.04. The minimum Gasteiger partial charge on any atom is -0.369 e. The molecular formula is C13H19N7. The zero-order chi connectivity index (χ0) is 14.3. The van der Waals surface area contributed by atoms with Crippen LogP contribution in [0.3, 0.4) is 0 Å². The van der Waals surface area contributed by atoms with Crippen LogP contribution >= 0.6 is 0 Å². The highest BCUT2D eigenvalue weighted by Crippen LogP contribution is 2.21. The van der Waals surface area contributed by atoms with E-state index in [0.717, 1.165) is 42.1 Å². The Morgan fingerprint density at radius 2 is 2.10 bits per heavy atom. The molecule has 3 aromatic heterocycles. The first-order valence-corrected chi connectivity index (χ1v) is 6.77. The zero-order valence-electron chi connectivity index (χ0n) is 12.0. The molecule has 2 N–H and O–H groups in total. The van der Waals surface area contributed by atoms with Gasteiger partial charge in [-0.25, -0.2) is 9.67 Å². The fourth-order valence-electron chi connectivity index (χ4n) is 2.51. The fourth-order valence-corrected chi connectivity index (χ4v) is 2.51. The summed E-state index contributed by atoms with van der Waals surface area (Å²) in [6.45, 7) is 5.59. The third kappa shape index (κ3) is 1.95. The van der Waals surface area contributed by atoms with Gasteiger partial charge in [-0.05, 0) is 19.9 Å². The molecule has 7 nitrogen and oxygen atoms in total. The number of anilines is 1. The van der Waals surface area contributed by atoms with Crippen LogP contribution < -0.4 is 5.73 Å². The van der Waals surface area contributed by atoms with Crippen LogP contribution in [0.5, 0.6) is 0 Å². The van der Waals surface area contributed by atoms with E-state index in [4.69, 9.17) is 5.73 Å². The minimum atomic E-state index is 0.540. The van der Waals surface area contributed by atoms with E-state index < -0.39 is 0 Å². The van der Waals surface area contributed by atoms with Crippen molar-refractivity contribution in [3.05, 3.63) is 23.7 Å². The molecular weight excluding hydrogens is 254 g/mol. The van der Waals surface area contributed by atoms with Crippen LogP contribution in [0.2, 0.25) is 0 Å². The van der Waals surface area contributed by atoms with Gasteiger partial charge in [-0.15, -0.1) is 0 Å². The van der Waals surface area contributed by atoms with Gasteiger partial charge in [-0.2, -0.15) is 10.2 Å². The molecule has 0 aliphatic carbocycles. The Morgan fingerprint density at radius 3 is 2.75 bits per heavy atom. The fraction of sp³-hybridized carbons (Fsp3) is 0.462. The molecule has 0 aromatic carbocycles. The zero-order valence-corrected chi connectivity index (χ0v) is 12.0. The van der Waals surface area contributed by atoms with E-state index >= 15 is 0 Å². The van der Waals surface area contributed by atoms with Crippen molar-refractivity contribution < 1.29 is 0 Å². The van der Waals surface area contributed by atoms with Crippen LogP contribution in [0.1, 0.15) is 18.3 Å². The Hall–Kier alpha value is -2.31. The lowest BCUT2D eigenvalue weighted by Gasteiger charge is -2.06. The molecule has 0 aliphatic heterocycles. The van der Waals surface area contributed by atoms with Gasteiger partial charge in [0.05, 0.1) is 11.4 Å². The molecule has 0 spiro atoms. The first-order chi connectivity index (χ1) is 9.60. The number of aromatic nitrogens is 6. The second kappa shape index (κ2) is 4.66. The number of hydrogen-bond donors (Lipinski definition) is 1.